The number of fused-ring (bicyclic) bond motifs is 1. The van der Waals surface area contributed by atoms with Gasteiger partial charge in [0.25, 0.3) is 5.69 Å². The average molecular weight is 363 g/mol. The van der Waals surface area contributed by atoms with Gasteiger partial charge in [0.05, 0.1) is 4.92 Å². The van der Waals surface area contributed by atoms with Crippen molar-refractivity contribution in [3.05, 3.63) is 86.3 Å². The van der Waals surface area contributed by atoms with Gasteiger partial charge in [0, 0.05) is 33.0 Å². The van der Waals surface area contributed by atoms with Crippen LogP contribution in [0.15, 0.2) is 54.6 Å². The summed E-state index contributed by atoms with van der Waals surface area (Å²) in [5.74, 6) is -0.0434. The van der Waals surface area contributed by atoms with Crippen LogP contribution in [-0.4, -0.2) is 10.7 Å². The molecule has 1 aliphatic rings. The van der Waals surface area contributed by atoms with E-state index < -0.39 is 4.92 Å². The molecule has 0 fully saturated rings. The topological polar surface area (TPSA) is 60.2 Å². The molecule has 0 saturated carbocycles. The highest BCUT2D eigenvalue weighted by atomic mass is 32.1. The van der Waals surface area contributed by atoms with Crippen molar-refractivity contribution >= 4 is 22.8 Å². The Hall–Kier alpha value is -2.79. The van der Waals surface area contributed by atoms with Crippen LogP contribution in [0.1, 0.15) is 39.2 Å². The Bertz CT molecular complexity index is 974. The zero-order valence-electron chi connectivity index (χ0n) is 14.1. The van der Waals surface area contributed by atoms with Crippen LogP contribution in [-0.2, 0) is 12.8 Å². The van der Waals surface area contributed by atoms with Crippen molar-refractivity contribution in [2.24, 2.45) is 0 Å². The van der Waals surface area contributed by atoms with Gasteiger partial charge < -0.3 is 0 Å². The Labute approximate surface area is 155 Å². The van der Waals surface area contributed by atoms with Crippen LogP contribution < -0.4 is 0 Å². The maximum Gasteiger partial charge on any atom is 0.269 e. The lowest BCUT2D eigenvalue weighted by Gasteiger charge is -2.12. The Balaban J connectivity index is 1.83. The largest absolute Gasteiger partial charge is 0.289 e. The van der Waals surface area contributed by atoms with Gasteiger partial charge >= 0.3 is 0 Å². The summed E-state index contributed by atoms with van der Waals surface area (Å²) in [7, 11) is 0. The summed E-state index contributed by atoms with van der Waals surface area (Å²) in [6.07, 6.45) is 4.20. The van der Waals surface area contributed by atoms with Crippen LogP contribution in [0.4, 0.5) is 5.69 Å². The van der Waals surface area contributed by atoms with Gasteiger partial charge in [-0.3, -0.25) is 14.9 Å². The Morgan fingerprint density at radius 3 is 2.35 bits per heavy atom. The number of carbonyl (C=O) groups is 1. The van der Waals surface area contributed by atoms with E-state index in [0.29, 0.717) is 5.56 Å². The third kappa shape index (κ3) is 2.95. The molecule has 1 heterocycles. The minimum Gasteiger partial charge on any atom is -0.289 e. The van der Waals surface area contributed by atoms with Crippen molar-refractivity contribution in [1.82, 2.24) is 0 Å². The molecular weight excluding hydrogens is 346 g/mol. The molecule has 0 radical (unpaired) electrons. The standard InChI is InChI=1S/C21H17NO3S/c23-20(14-10-12-16(13-11-14)22(24)25)19-17-8-4-5-9-18(17)26-21(19)15-6-2-1-3-7-15/h1-3,6-7,10-13H,4-5,8-9H2. The predicted octanol–water partition coefficient (Wildman–Crippen LogP) is 5.43. The van der Waals surface area contributed by atoms with Crippen LogP contribution >= 0.6 is 11.3 Å². The normalized spacial score (nSPS) is 13.2. The maximum absolute atomic E-state index is 13.3. The molecule has 0 saturated heterocycles. The summed E-state index contributed by atoms with van der Waals surface area (Å²) < 4.78 is 0. The molecule has 0 atom stereocenters. The molecule has 1 aromatic heterocycles. The Morgan fingerprint density at radius 2 is 1.65 bits per heavy atom. The first kappa shape index (κ1) is 16.7. The molecule has 0 amide bonds. The first-order valence-corrected chi connectivity index (χ1v) is 9.46. The molecule has 4 nitrogen and oxygen atoms in total. The molecule has 3 aromatic rings. The van der Waals surface area contributed by atoms with Gasteiger partial charge in [0.15, 0.2) is 5.78 Å². The Morgan fingerprint density at radius 1 is 0.962 bits per heavy atom. The van der Waals surface area contributed by atoms with Gasteiger partial charge in [-0.15, -0.1) is 11.3 Å². The number of rotatable bonds is 4. The fourth-order valence-corrected chi connectivity index (χ4v) is 4.87. The lowest BCUT2D eigenvalue weighted by Crippen LogP contribution is -2.08. The summed E-state index contributed by atoms with van der Waals surface area (Å²) >= 11 is 1.72. The van der Waals surface area contributed by atoms with E-state index in [9.17, 15) is 14.9 Å². The van der Waals surface area contributed by atoms with Crippen molar-refractivity contribution in [2.75, 3.05) is 0 Å². The number of hydrogen-bond donors (Lipinski definition) is 0. The molecule has 4 rings (SSSR count). The second kappa shape index (κ2) is 6.84. The number of aryl methyl sites for hydroxylation is 1. The lowest BCUT2D eigenvalue weighted by molar-refractivity contribution is -0.384. The number of non-ortho nitro benzene ring substituents is 1. The van der Waals surface area contributed by atoms with Crippen molar-refractivity contribution < 1.29 is 9.72 Å². The Kier molecular flexibility index (Phi) is 4.39. The zero-order chi connectivity index (χ0) is 18.1. The van der Waals surface area contributed by atoms with E-state index in [1.165, 1.54) is 22.6 Å². The predicted molar refractivity (Wildman–Crippen MR) is 103 cm³/mol. The van der Waals surface area contributed by atoms with Gasteiger partial charge in [0.2, 0.25) is 0 Å². The number of benzene rings is 2. The van der Waals surface area contributed by atoms with E-state index in [2.05, 4.69) is 0 Å². The van der Waals surface area contributed by atoms with Gasteiger partial charge in [-0.2, -0.15) is 0 Å². The van der Waals surface area contributed by atoms with E-state index in [0.717, 1.165) is 41.7 Å². The van der Waals surface area contributed by atoms with Crippen LogP contribution in [0.3, 0.4) is 0 Å². The van der Waals surface area contributed by atoms with Crippen LogP contribution in [0.25, 0.3) is 10.4 Å². The summed E-state index contributed by atoms with van der Waals surface area (Å²) in [6, 6.07) is 15.9. The summed E-state index contributed by atoms with van der Waals surface area (Å²) in [5, 5.41) is 10.9. The lowest BCUT2D eigenvalue weighted by atomic mass is 9.90. The van der Waals surface area contributed by atoms with Crippen molar-refractivity contribution in [2.45, 2.75) is 25.7 Å². The van der Waals surface area contributed by atoms with E-state index in [4.69, 9.17) is 0 Å². The van der Waals surface area contributed by atoms with Crippen LogP contribution in [0.5, 0.6) is 0 Å². The fraction of sp³-hybridized carbons (Fsp3) is 0.190. The molecule has 2 aromatic carbocycles. The third-order valence-corrected chi connectivity index (χ3v) is 6.12. The second-order valence-electron chi connectivity index (χ2n) is 6.41. The SMILES string of the molecule is O=C(c1ccc([N+](=O)[O-])cc1)c1c(-c2ccccc2)sc2c1CCCC2. The quantitative estimate of drug-likeness (QED) is 0.353. The smallest absolute Gasteiger partial charge is 0.269 e. The second-order valence-corrected chi connectivity index (χ2v) is 7.52. The molecule has 0 unspecified atom stereocenters. The summed E-state index contributed by atoms with van der Waals surface area (Å²) in [5.41, 5.74) is 3.50. The summed E-state index contributed by atoms with van der Waals surface area (Å²) in [6.45, 7) is 0. The van der Waals surface area contributed by atoms with Crippen molar-refractivity contribution in [3.63, 3.8) is 0 Å². The molecule has 1 aliphatic carbocycles. The molecule has 0 spiro atoms. The number of nitro benzene ring substituents is 1. The zero-order valence-corrected chi connectivity index (χ0v) is 14.9. The average Bonchev–Trinajstić information content (AvgIpc) is 3.08. The molecule has 26 heavy (non-hydrogen) atoms. The van der Waals surface area contributed by atoms with Crippen molar-refractivity contribution in [1.29, 1.82) is 0 Å². The minimum absolute atomic E-state index is 0.00261. The van der Waals surface area contributed by atoms with E-state index >= 15 is 0 Å². The summed E-state index contributed by atoms with van der Waals surface area (Å²) in [4.78, 5) is 26.0. The van der Waals surface area contributed by atoms with Gasteiger partial charge in [-0.25, -0.2) is 0 Å². The fourth-order valence-electron chi connectivity index (χ4n) is 3.48. The first-order chi connectivity index (χ1) is 12.6. The van der Waals surface area contributed by atoms with E-state index in [1.807, 2.05) is 30.3 Å². The molecule has 0 aliphatic heterocycles. The molecule has 5 heteroatoms. The van der Waals surface area contributed by atoms with Crippen LogP contribution in [0, 0.1) is 10.1 Å². The molecular formula is C21H17NO3S. The third-order valence-electron chi connectivity index (χ3n) is 4.77. The first-order valence-electron chi connectivity index (χ1n) is 8.64. The van der Waals surface area contributed by atoms with E-state index in [1.54, 1.807) is 23.5 Å². The highest BCUT2D eigenvalue weighted by molar-refractivity contribution is 7.16. The highest BCUT2D eigenvalue weighted by Gasteiger charge is 2.26. The van der Waals surface area contributed by atoms with Gasteiger partial charge in [0.1, 0.15) is 0 Å². The van der Waals surface area contributed by atoms with Crippen molar-refractivity contribution in [3.8, 4) is 10.4 Å². The number of nitro groups is 1. The monoisotopic (exact) mass is 363 g/mol. The molecule has 0 N–H and O–H groups in total. The number of carbonyl (C=O) groups excluding carboxylic acids is 1. The van der Waals surface area contributed by atoms with E-state index in [-0.39, 0.29) is 11.5 Å². The number of nitrogens with zero attached hydrogens (tertiary/aromatic N) is 1. The van der Waals surface area contributed by atoms with Crippen LogP contribution in [0.2, 0.25) is 0 Å². The molecule has 130 valence electrons. The highest BCUT2D eigenvalue weighted by Crippen LogP contribution is 2.41. The number of ketones is 1. The number of thiophene rings is 1. The number of hydrogen-bond acceptors (Lipinski definition) is 4. The van der Waals surface area contributed by atoms with Gasteiger partial charge in [-0.1, -0.05) is 30.3 Å². The van der Waals surface area contributed by atoms with Gasteiger partial charge in [-0.05, 0) is 48.9 Å². The minimum atomic E-state index is -0.448. The molecule has 0 bridgehead atoms. The maximum atomic E-state index is 13.3.